The normalized spacial score (nSPS) is 21.7. The molecule has 0 aromatic rings. The molecule has 1 heterocycles. The van der Waals surface area contributed by atoms with E-state index < -0.39 is 12.6 Å². The number of alkyl halides is 3. The maximum absolute atomic E-state index is 12.0. The first-order valence-electron chi connectivity index (χ1n) is 6.45. The van der Waals surface area contributed by atoms with Crippen molar-refractivity contribution >= 4 is 0 Å². The molecule has 0 amide bonds. The zero-order chi connectivity index (χ0) is 12.9. The van der Waals surface area contributed by atoms with Crippen molar-refractivity contribution < 1.29 is 13.2 Å². The Morgan fingerprint density at radius 3 is 2.35 bits per heavy atom. The molecule has 17 heavy (non-hydrogen) atoms. The summed E-state index contributed by atoms with van der Waals surface area (Å²) in [4.78, 5) is 2.39. The van der Waals surface area contributed by atoms with Crippen molar-refractivity contribution in [3.05, 3.63) is 0 Å². The highest BCUT2D eigenvalue weighted by Crippen LogP contribution is 2.22. The SMILES string of the molecule is CCN1CCC(C(C)NCCC(F)(F)F)CC1. The van der Waals surface area contributed by atoms with Gasteiger partial charge in [-0.15, -0.1) is 0 Å². The number of nitrogens with one attached hydrogen (secondary N) is 1. The van der Waals surface area contributed by atoms with Crippen molar-refractivity contribution in [2.75, 3.05) is 26.2 Å². The van der Waals surface area contributed by atoms with Crippen LogP contribution in [0.4, 0.5) is 13.2 Å². The second-order valence-electron chi connectivity index (χ2n) is 4.88. The minimum Gasteiger partial charge on any atom is -0.314 e. The predicted octanol–water partition coefficient (Wildman–Crippen LogP) is 2.65. The third-order valence-electron chi connectivity index (χ3n) is 3.66. The number of piperidine rings is 1. The van der Waals surface area contributed by atoms with Crippen molar-refractivity contribution in [2.24, 2.45) is 5.92 Å². The summed E-state index contributed by atoms with van der Waals surface area (Å²) in [6, 6.07) is 0.191. The molecule has 1 atom stereocenters. The Morgan fingerprint density at radius 2 is 1.88 bits per heavy atom. The van der Waals surface area contributed by atoms with E-state index in [1.54, 1.807) is 0 Å². The highest BCUT2D eigenvalue weighted by molar-refractivity contribution is 4.79. The van der Waals surface area contributed by atoms with Crippen LogP contribution in [0.3, 0.4) is 0 Å². The van der Waals surface area contributed by atoms with Crippen molar-refractivity contribution in [1.82, 2.24) is 10.2 Å². The van der Waals surface area contributed by atoms with Crippen LogP contribution in [0, 0.1) is 5.92 Å². The Kier molecular flexibility index (Phi) is 5.73. The Balaban J connectivity index is 2.18. The van der Waals surface area contributed by atoms with E-state index in [1.807, 2.05) is 6.92 Å². The van der Waals surface area contributed by atoms with Crippen LogP contribution in [0.25, 0.3) is 0 Å². The van der Waals surface area contributed by atoms with Gasteiger partial charge in [0, 0.05) is 12.6 Å². The van der Waals surface area contributed by atoms with Crippen LogP contribution in [0.2, 0.25) is 0 Å². The zero-order valence-electron chi connectivity index (χ0n) is 10.7. The lowest BCUT2D eigenvalue weighted by Gasteiger charge is -2.34. The number of hydrogen-bond donors (Lipinski definition) is 1. The first kappa shape index (κ1) is 14.8. The van der Waals surface area contributed by atoms with Gasteiger partial charge in [0.05, 0.1) is 6.42 Å². The lowest BCUT2D eigenvalue weighted by molar-refractivity contribution is -0.133. The molecule has 1 aliphatic rings. The third-order valence-corrected chi connectivity index (χ3v) is 3.66. The van der Waals surface area contributed by atoms with Crippen LogP contribution in [-0.4, -0.2) is 43.3 Å². The quantitative estimate of drug-likeness (QED) is 0.809. The molecule has 1 saturated heterocycles. The van der Waals surface area contributed by atoms with Gasteiger partial charge in [0.2, 0.25) is 0 Å². The van der Waals surface area contributed by atoms with Crippen molar-refractivity contribution in [3.8, 4) is 0 Å². The average molecular weight is 252 g/mol. The van der Waals surface area contributed by atoms with Gasteiger partial charge in [-0.1, -0.05) is 6.92 Å². The fraction of sp³-hybridized carbons (Fsp3) is 1.00. The van der Waals surface area contributed by atoms with Crippen LogP contribution in [0.5, 0.6) is 0 Å². The van der Waals surface area contributed by atoms with Gasteiger partial charge in [0.15, 0.2) is 0 Å². The van der Waals surface area contributed by atoms with Crippen LogP contribution in [0.1, 0.15) is 33.1 Å². The van der Waals surface area contributed by atoms with Gasteiger partial charge >= 0.3 is 6.18 Å². The smallest absolute Gasteiger partial charge is 0.314 e. The van der Waals surface area contributed by atoms with E-state index in [9.17, 15) is 13.2 Å². The summed E-state index contributed by atoms with van der Waals surface area (Å²) < 4.78 is 36.0. The van der Waals surface area contributed by atoms with Crippen LogP contribution in [-0.2, 0) is 0 Å². The molecule has 5 heteroatoms. The molecule has 1 aliphatic heterocycles. The summed E-state index contributed by atoms with van der Waals surface area (Å²) >= 11 is 0. The van der Waals surface area contributed by atoms with Crippen molar-refractivity contribution in [3.63, 3.8) is 0 Å². The fourth-order valence-corrected chi connectivity index (χ4v) is 2.38. The van der Waals surface area contributed by atoms with Gasteiger partial charge in [-0.2, -0.15) is 13.2 Å². The maximum Gasteiger partial charge on any atom is 0.390 e. The minimum absolute atomic E-state index is 0.0403. The molecule has 0 bridgehead atoms. The zero-order valence-corrected chi connectivity index (χ0v) is 10.7. The monoisotopic (exact) mass is 252 g/mol. The van der Waals surface area contributed by atoms with Gasteiger partial charge in [-0.3, -0.25) is 0 Å². The second-order valence-corrected chi connectivity index (χ2v) is 4.88. The number of halogens is 3. The molecule has 102 valence electrons. The third kappa shape index (κ3) is 5.73. The van der Waals surface area contributed by atoms with E-state index in [1.165, 1.54) is 0 Å². The summed E-state index contributed by atoms with van der Waals surface area (Å²) in [5.74, 6) is 0.519. The van der Waals surface area contributed by atoms with E-state index in [-0.39, 0.29) is 12.6 Å². The molecular weight excluding hydrogens is 229 g/mol. The Labute approximate surface area is 102 Å². The molecule has 0 spiro atoms. The van der Waals surface area contributed by atoms with E-state index in [0.717, 1.165) is 32.5 Å². The van der Waals surface area contributed by atoms with Gasteiger partial charge in [0.25, 0.3) is 0 Å². The van der Waals surface area contributed by atoms with E-state index in [2.05, 4.69) is 17.1 Å². The fourth-order valence-electron chi connectivity index (χ4n) is 2.38. The topological polar surface area (TPSA) is 15.3 Å². The first-order chi connectivity index (χ1) is 7.92. The lowest BCUT2D eigenvalue weighted by atomic mass is 9.90. The number of likely N-dealkylation sites (tertiary alicyclic amines) is 1. The summed E-state index contributed by atoms with van der Waals surface area (Å²) in [6.07, 6.45) is -2.59. The summed E-state index contributed by atoms with van der Waals surface area (Å²) in [5, 5.41) is 3.00. The molecule has 1 fully saturated rings. The molecule has 1 N–H and O–H groups in total. The Hall–Kier alpha value is -0.290. The molecular formula is C12H23F3N2. The number of hydrogen-bond acceptors (Lipinski definition) is 2. The summed E-state index contributed by atoms with van der Waals surface area (Å²) in [5.41, 5.74) is 0. The van der Waals surface area contributed by atoms with Crippen LogP contribution < -0.4 is 5.32 Å². The predicted molar refractivity (Wildman–Crippen MR) is 63.0 cm³/mol. The molecule has 2 nitrogen and oxygen atoms in total. The van der Waals surface area contributed by atoms with E-state index >= 15 is 0 Å². The molecule has 0 radical (unpaired) electrons. The average Bonchev–Trinajstić information content (AvgIpc) is 2.27. The van der Waals surface area contributed by atoms with E-state index in [0.29, 0.717) is 5.92 Å². The first-order valence-corrected chi connectivity index (χ1v) is 6.45. The standard InChI is InChI=1S/C12H23F3N2/c1-3-17-8-4-11(5-9-17)10(2)16-7-6-12(13,14)15/h10-11,16H,3-9H2,1-2H3. The van der Waals surface area contributed by atoms with Crippen molar-refractivity contribution in [2.45, 2.75) is 45.3 Å². The minimum atomic E-state index is -4.04. The van der Waals surface area contributed by atoms with Crippen LogP contribution >= 0.6 is 0 Å². The molecule has 0 aliphatic carbocycles. The van der Waals surface area contributed by atoms with Gasteiger partial charge in [-0.25, -0.2) is 0 Å². The molecule has 0 aromatic heterocycles. The number of rotatable bonds is 5. The molecule has 1 rings (SSSR count). The number of nitrogens with zero attached hydrogens (tertiary/aromatic N) is 1. The summed E-state index contributed by atoms with van der Waals surface area (Å²) in [6.45, 7) is 7.41. The van der Waals surface area contributed by atoms with Gasteiger partial charge in [-0.05, 0) is 45.3 Å². The van der Waals surface area contributed by atoms with Gasteiger partial charge in [0.1, 0.15) is 0 Å². The van der Waals surface area contributed by atoms with Crippen LogP contribution in [0.15, 0.2) is 0 Å². The molecule has 1 unspecified atom stereocenters. The molecule has 0 aromatic carbocycles. The Morgan fingerprint density at radius 1 is 1.29 bits per heavy atom. The largest absolute Gasteiger partial charge is 0.390 e. The van der Waals surface area contributed by atoms with E-state index in [4.69, 9.17) is 0 Å². The lowest BCUT2D eigenvalue weighted by Crippen LogP contribution is -2.42. The maximum atomic E-state index is 12.0. The highest BCUT2D eigenvalue weighted by atomic mass is 19.4. The highest BCUT2D eigenvalue weighted by Gasteiger charge is 2.28. The summed E-state index contributed by atoms with van der Waals surface area (Å²) in [7, 11) is 0. The Bertz CT molecular complexity index is 210. The molecule has 0 saturated carbocycles. The van der Waals surface area contributed by atoms with Gasteiger partial charge < -0.3 is 10.2 Å². The van der Waals surface area contributed by atoms with Crippen molar-refractivity contribution in [1.29, 1.82) is 0 Å². The second kappa shape index (κ2) is 6.59.